The van der Waals surface area contributed by atoms with Crippen LogP contribution in [-0.2, 0) is 23.1 Å². The molecule has 0 saturated carbocycles. The number of hydrogen-bond acceptors (Lipinski definition) is 3. The molecule has 0 atom stereocenters. The molecule has 0 aliphatic carbocycles. The average molecular weight is 410 g/mol. The van der Waals surface area contributed by atoms with Crippen molar-refractivity contribution in [2.45, 2.75) is 18.0 Å². The highest BCUT2D eigenvalue weighted by atomic mass is 35.5. The molecular weight excluding hydrogens is 393 g/mol. The fraction of sp³-hybridized carbons (Fsp3) is 0.167. The van der Waals surface area contributed by atoms with Crippen LogP contribution in [0, 0.1) is 0 Å². The minimum Gasteiger partial charge on any atom is -0.268 e. The first kappa shape index (κ1) is 18.9. The fourth-order valence-electron chi connectivity index (χ4n) is 2.54. The highest BCUT2D eigenvalue weighted by Gasteiger charge is 2.25. The molecule has 0 amide bonds. The molecule has 0 aliphatic heterocycles. The van der Waals surface area contributed by atoms with Crippen LogP contribution in [0.2, 0.25) is 10.0 Å². The number of sulfonamides is 1. The lowest BCUT2D eigenvalue weighted by atomic mass is 10.2. The highest BCUT2D eigenvalue weighted by molar-refractivity contribution is 7.89. The van der Waals surface area contributed by atoms with E-state index in [1.807, 2.05) is 36.5 Å². The summed E-state index contributed by atoms with van der Waals surface area (Å²) in [6.45, 7) is 0.803. The monoisotopic (exact) mass is 409 g/mol. The van der Waals surface area contributed by atoms with Crippen molar-refractivity contribution in [1.82, 2.24) is 14.1 Å². The van der Waals surface area contributed by atoms with Gasteiger partial charge in [0.2, 0.25) is 10.0 Å². The number of nitrogens with zero attached hydrogens (tertiary/aromatic N) is 3. The largest absolute Gasteiger partial charge is 0.268 e. The van der Waals surface area contributed by atoms with Crippen LogP contribution >= 0.6 is 23.2 Å². The summed E-state index contributed by atoms with van der Waals surface area (Å²) >= 11 is 12.0. The van der Waals surface area contributed by atoms with Crippen molar-refractivity contribution < 1.29 is 8.42 Å². The van der Waals surface area contributed by atoms with Gasteiger partial charge >= 0.3 is 0 Å². The van der Waals surface area contributed by atoms with E-state index in [9.17, 15) is 8.42 Å². The van der Waals surface area contributed by atoms with E-state index >= 15 is 0 Å². The topological polar surface area (TPSA) is 55.2 Å². The molecule has 0 saturated heterocycles. The van der Waals surface area contributed by atoms with Gasteiger partial charge in [-0.25, -0.2) is 8.42 Å². The Morgan fingerprint density at radius 2 is 1.77 bits per heavy atom. The molecular formula is C18H17Cl2N3O2S. The zero-order valence-electron chi connectivity index (χ0n) is 14.0. The lowest BCUT2D eigenvalue weighted by molar-refractivity contribution is 0.466. The van der Waals surface area contributed by atoms with E-state index in [1.54, 1.807) is 23.0 Å². The summed E-state index contributed by atoms with van der Waals surface area (Å²) in [6, 6.07) is 14.5. The number of rotatable bonds is 6. The van der Waals surface area contributed by atoms with Crippen molar-refractivity contribution in [3.8, 4) is 0 Å². The van der Waals surface area contributed by atoms with E-state index in [4.69, 9.17) is 23.2 Å². The second-order valence-electron chi connectivity index (χ2n) is 5.84. The lowest BCUT2D eigenvalue weighted by Crippen LogP contribution is -2.26. The summed E-state index contributed by atoms with van der Waals surface area (Å²) in [6.07, 6.45) is 3.49. The molecule has 0 radical (unpaired) electrons. The minimum absolute atomic E-state index is 0.00848. The smallest absolute Gasteiger partial charge is 0.244 e. The molecule has 3 aromatic rings. The average Bonchev–Trinajstić information content (AvgIpc) is 3.05. The molecule has 0 N–H and O–H groups in total. The van der Waals surface area contributed by atoms with E-state index in [0.29, 0.717) is 6.54 Å². The Morgan fingerprint density at radius 1 is 1.04 bits per heavy atom. The summed E-state index contributed by atoms with van der Waals surface area (Å²) in [5.74, 6) is 0. The Hall–Kier alpha value is -1.86. The third-order valence-corrected chi connectivity index (χ3v) is 6.66. The molecule has 1 aromatic heterocycles. The molecule has 2 aromatic carbocycles. The van der Waals surface area contributed by atoms with Crippen LogP contribution < -0.4 is 0 Å². The quantitative estimate of drug-likeness (QED) is 0.616. The van der Waals surface area contributed by atoms with Gasteiger partial charge in [-0.3, -0.25) is 4.68 Å². The summed E-state index contributed by atoms with van der Waals surface area (Å²) in [4.78, 5) is -0.00848. The maximum absolute atomic E-state index is 12.8. The van der Waals surface area contributed by atoms with Crippen LogP contribution in [0.5, 0.6) is 0 Å². The fourth-order valence-corrected chi connectivity index (χ4v) is 4.43. The highest BCUT2D eigenvalue weighted by Crippen LogP contribution is 2.30. The van der Waals surface area contributed by atoms with E-state index in [2.05, 4.69) is 5.10 Å². The molecule has 5 nitrogen and oxygen atoms in total. The molecule has 136 valence electrons. The number of hydrogen-bond donors (Lipinski definition) is 0. The van der Waals surface area contributed by atoms with Crippen molar-refractivity contribution in [3.05, 3.63) is 82.1 Å². The van der Waals surface area contributed by atoms with Gasteiger partial charge in [0, 0.05) is 25.4 Å². The molecule has 0 spiro atoms. The van der Waals surface area contributed by atoms with Gasteiger partial charge in [-0.2, -0.15) is 9.40 Å². The summed E-state index contributed by atoms with van der Waals surface area (Å²) < 4.78 is 28.5. The maximum atomic E-state index is 12.8. The van der Waals surface area contributed by atoms with Gasteiger partial charge in [0.25, 0.3) is 0 Å². The second-order valence-corrected chi connectivity index (χ2v) is 8.64. The molecule has 0 bridgehead atoms. The van der Waals surface area contributed by atoms with Gasteiger partial charge in [0.15, 0.2) is 0 Å². The lowest BCUT2D eigenvalue weighted by Gasteiger charge is -2.17. The summed E-state index contributed by atoms with van der Waals surface area (Å²) in [5.41, 5.74) is 1.90. The predicted molar refractivity (Wildman–Crippen MR) is 103 cm³/mol. The molecule has 0 unspecified atom stereocenters. The van der Waals surface area contributed by atoms with E-state index in [0.717, 1.165) is 11.1 Å². The van der Waals surface area contributed by atoms with E-state index < -0.39 is 10.0 Å². The van der Waals surface area contributed by atoms with E-state index in [1.165, 1.54) is 17.4 Å². The van der Waals surface area contributed by atoms with Crippen molar-refractivity contribution in [1.29, 1.82) is 0 Å². The Kier molecular flexibility index (Phi) is 5.67. The first-order chi connectivity index (χ1) is 12.4. The first-order valence-electron chi connectivity index (χ1n) is 7.83. The van der Waals surface area contributed by atoms with Crippen molar-refractivity contribution in [2.24, 2.45) is 0 Å². The first-order valence-corrected chi connectivity index (χ1v) is 10.0. The van der Waals surface area contributed by atoms with Gasteiger partial charge in [-0.1, -0.05) is 59.6 Å². The molecule has 8 heteroatoms. The molecule has 0 aliphatic rings. The molecule has 1 heterocycles. The van der Waals surface area contributed by atoms with Gasteiger partial charge in [-0.05, 0) is 17.7 Å². The molecule has 0 fully saturated rings. The zero-order valence-corrected chi connectivity index (χ0v) is 16.3. The Labute approximate surface area is 162 Å². The maximum Gasteiger partial charge on any atom is 0.244 e. The molecule has 26 heavy (non-hydrogen) atoms. The normalized spacial score (nSPS) is 11.8. The van der Waals surface area contributed by atoms with Crippen LogP contribution in [-0.4, -0.2) is 29.6 Å². The van der Waals surface area contributed by atoms with Crippen LogP contribution in [0.25, 0.3) is 0 Å². The van der Waals surface area contributed by atoms with Crippen LogP contribution in [0.15, 0.2) is 65.8 Å². The van der Waals surface area contributed by atoms with Crippen molar-refractivity contribution in [3.63, 3.8) is 0 Å². The summed E-state index contributed by atoms with van der Waals surface area (Å²) in [5, 5.41) is 4.53. The SMILES string of the molecule is CN(Cc1cnn(Cc2ccccc2)c1)S(=O)(=O)c1cccc(Cl)c1Cl. The minimum atomic E-state index is -3.76. The van der Waals surface area contributed by atoms with Crippen LogP contribution in [0.1, 0.15) is 11.1 Å². The van der Waals surface area contributed by atoms with Gasteiger partial charge in [-0.15, -0.1) is 0 Å². The van der Waals surface area contributed by atoms with Crippen LogP contribution in [0.4, 0.5) is 0 Å². The number of halogens is 2. The Morgan fingerprint density at radius 3 is 2.50 bits per heavy atom. The number of benzene rings is 2. The number of aromatic nitrogens is 2. The van der Waals surface area contributed by atoms with E-state index in [-0.39, 0.29) is 21.5 Å². The zero-order chi connectivity index (χ0) is 18.7. The van der Waals surface area contributed by atoms with Gasteiger partial charge in [0.1, 0.15) is 4.90 Å². The Bertz CT molecular complexity index is 1000. The predicted octanol–water partition coefficient (Wildman–Crippen LogP) is 4.06. The second kappa shape index (κ2) is 7.80. The third kappa shape index (κ3) is 4.10. The van der Waals surface area contributed by atoms with Gasteiger partial charge < -0.3 is 0 Å². The van der Waals surface area contributed by atoms with Gasteiger partial charge in [0.05, 0.1) is 22.8 Å². The van der Waals surface area contributed by atoms with Crippen molar-refractivity contribution >= 4 is 33.2 Å². The third-order valence-electron chi connectivity index (χ3n) is 3.88. The van der Waals surface area contributed by atoms with Crippen molar-refractivity contribution in [2.75, 3.05) is 7.05 Å². The Balaban J connectivity index is 1.75. The molecule has 3 rings (SSSR count). The van der Waals surface area contributed by atoms with Crippen LogP contribution in [0.3, 0.4) is 0 Å². The summed E-state index contributed by atoms with van der Waals surface area (Å²) in [7, 11) is -2.26. The standard InChI is InChI=1S/C18H17Cl2N3O2S/c1-22(26(24,25)17-9-5-8-16(19)18(17)20)11-15-10-21-23(13-15)12-14-6-3-2-4-7-14/h2-10,13H,11-12H2,1H3.